The van der Waals surface area contributed by atoms with Crippen LogP contribution in [0.5, 0.6) is 5.75 Å². The number of carboxylic acid groups (broad SMARTS) is 1. The van der Waals surface area contributed by atoms with Gasteiger partial charge in [0.1, 0.15) is 24.1 Å². The van der Waals surface area contributed by atoms with Crippen molar-refractivity contribution in [3.05, 3.63) is 123 Å². The number of nitrogens with one attached hydrogen (secondary N) is 4. The number of nitrogen functional groups attached to an aromatic ring is 1. The van der Waals surface area contributed by atoms with Crippen molar-refractivity contribution in [2.45, 2.75) is 85.8 Å². The van der Waals surface area contributed by atoms with Gasteiger partial charge in [-0.1, -0.05) is 36.3 Å². The number of anilines is 2. The Balaban J connectivity index is 0.701. The average molecular weight is 1400 g/mol. The zero-order chi connectivity index (χ0) is 67.8. The molecule has 0 bridgehead atoms. The second kappa shape index (κ2) is 29.7. The maximum absolute atomic E-state index is 13.3. The molecule has 2 amide bonds. The predicted molar refractivity (Wildman–Crippen MR) is 317 cm³/mol. The molecule has 0 spiro atoms. The highest BCUT2D eigenvalue weighted by atomic mass is 32.2. The molecule has 2 aromatic heterocycles. The Kier molecular flexibility index (Phi) is 22.7. The molecule has 8 rings (SSSR count). The van der Waals surface area contributed by atoms with Crippen LogP contribution >= 0.6 is 23.5 Å². The quantitative estimate of drug-likeness (QED) is 0.00718. The molecule has 0 saturated carbocycles. The summed E-state index contributed by atoms with van der Waals surface area (Å²) in [5.74, 6) is -2.87. The van der Waals surface area contributed by atoms with E-state index in [1.807, 2.05) is 0 Å². The van der Waals surface area contributed by atoms with Gasteiger partial charge in [0.05, 0.1) is 35.5 Å². The molecule has 0 radical (unpaired) electrons. The normalized spacial score (nSPS) is 17.4. The molecule has 93 heavy (non-hydrogen) atoms. The number of benzene rings is 4. The minimum Gasteiger partial charge on any atom is -0.484 e. The monoisotopic (exact) mass is 1400 g/mol. The molecule has 2 aliphatic heterocycles. The maximum Gasteiger partial charge on any atom is 0.490 e. The minimum atomic E-state index is -5.82. The van der Waals surface area contributed by atoms with Gasteiger partial charge in [-0.2, -0.15) is 30.4 Å². The van der Waals surface area contributed by atoms with Crippen LogP contribution in [0.4, 0.5) is 11.5 Å². The summed E-state index contributed by atoms with van der Waals surface area (Å²) in [6, 6.07) is 16.4. The van der Waals surface area contributed by atoms with E-state index in [1.54, 1.807) is 35.1 Å². The van der Waals surface area contributed by atoms with Crippen molar-refractivity contribution in [2.24, 2.45) is 0 Å². The number of aromatic nitrogens is 5. The number of carboxylic acids is 1. The van der Waals surface area contributed by atoms with Crippen molar-refractivity contribution < 1.29 is 121 Å². The number of aromatic carboxylic acids is 1. The number of rotatable bonds is 32. The number of aliphatic hydroxyl groups is 2. The number of amides is 2. The lowest BCUT2D eigenvalue weighted by Crippen LogP contribution is -2.36. The summed E-state index contributed by atoms with van der Waals surface area (Å²) in [4.78, 5) is 94.8. The molecule has 1 saturated heterocycles. The highest BCUT2D eigenvalue weighted by Crippen LogP contribution is 2.66. The molecular formula is C51H59N10O27P3S2. The van der Waals surface area contributed by atoms with E-state index in [0.29, 0.717) is 56.5 Å². The molecular weight excluding hydrogens is 1340 g/mol. The van der Waals surface area contributed by atoms with Crippen LogP contribution in [-0.2, 0) is 80.8 Å². The fraction of sp³-hybridized carbons (Fsp3) is 0.333. The number of carbonyl (C=O) groups is 3. The Morgan fingerprint density at radius 2 is 1.51 bits per heavy atom. The summed E-state index contributed by atoms with van der Waals surface area (Å²) in [6.07, 6.45) is 0.143. The summed E-state index contributed by atoms with van der Waals surface area (Å²) in [5.41, 5.74) is 6.70. The summed E-state index contributed by atoms with van der Waals surface area (Å²) in [5, 5.41) is 52.4. The number of ether oxygens (including phenoxy) is 2. The number of phosphoric acid groups is 3. The smallest absolute Gasteiger partial charge is 0.484 e. The number of phosphoric ester groups is 1. The first-order valence-corrected chi connectivity index (χ1v) is 34.7. The largest absolute Gasteiger partial charge is 0.490 e. The number of hydrogen-bond donors (Lipinski definition) is 14. The molecule has 15 N–H and O–H groups in total. The third-order valence-corrected chi connectivity index (χ3v) is 19.3. The number of hydrogen-bond acceptors (Lipinski definition) is 26. The molecule has 2 unspecified atom stereocenters. The molecule has 6 atom stereocenters. The number of aliphatic hydroxyl groups excluding tert-OH is 2. The summed E-state index contributed by atoms with van der Waals surface area (Å²) < 4.78 is 135. The van der Waals surface area contributed by atoms with Gasteiger partial charge in [0.15, 0.2) is 39.8 Å². The van der Waals surface area contributed by atoms with Crippen molar-refractivity contribution in [1.29, 1.82) is 5.41 Å². The van der Waals surface area contributed by atoms with Crippen LogP contribution in [-0.4, -0.2) is 154 Å². The Hall–Kier alpha value is -7.75. The molecule has 5 aromatic rings. The van der Waals surface area contributed by atoms with E-state index >= 15 is 0 Å². The van der Waals surface area contributed by atoms with E-state index in [0.717, 1.165) is 40.9 Å². The van der Waals surface area contributed by atoms with E-state index in [1.165, 1.54) is 30.3 Å². The van der Waals surface area contributed by atoms with Crippen LogP contribution in [0, 0.1) is 5.41 Å². The lowest BCUT2D eigenvalue weighted by Gasteiger charge is -2.20. The van der Waals surface area contributed by atoms with Crippen LogP contribution < -0.4 is 37.6 Å². The fourth-order valence-electron chi connectivity index (χ4n) is 9.48. The standard InChI is InChI=1S/C51H59N10O27P3S2/c52-36-15-13-33-41(34-14-16-37(53)47(93(79,80)81)45(34)86-44(33)46(36)92(76,77)78)32-12-9-29(24-35(32)50(66)67)48(65)55-19-3-1-2-4-21-60-25-30(57-59-60)17-20-54-40(62)27-82-31-10-7-28(8-11-31)6-5-23-83-58-39-18-22-61(51(68)56-39)49-43(64)42(63)38(85-49)26-84-90(72,73)88-91(74,75)87-89(69,70)71/h7-16,18,22,24-25,38,42-43,49,52,63-64H,1-6,17,19-21,23,26-27,53H2,(H,54,62)(H,55,65)(H,66,67)(H,72,73)(H,74,75)(H,56,58,68)(H2,69,70,71)(H,76,77,78)(H,79,80,81)/t38-,42-,43-,49-/m1/s1. The fourth-order valence-corrected chi connectivity index (χ4v) is 14.0. The third kappa shape index (κ3) is 18.8. The van der Waals surface area contributed by atoms with Gasteiger partial charge in [-0.25, -0.2) is 28.8 Å². The van der Waals surface area contributed by atoms with E-state index < -0.39 is 130 Å². The number of aryl methyl sites for hydroxylation is 2. The first kappa shape index (κ1) is 71.1. The van der Waals surface area contributed by atoms with Crippen molar-refractivity contribution in [3.8, 4) is 28.2 Å². The molecule has 3 aliphatic rings. The number of fused-ring (bicyclic) bond motifs is 2. The second-order valence-electron chi connectivity index (χ2n) is 20.3. The third-order valence-electron chi connectivity index (χ3n) is 13.6. The maximum atomic E-state index is 13.3. The lowest BCUT2D eigenvalue weighted by atomic mass is 9.89. The van der Waals surface area contributed by atoms with Crippen LogP contribution in [0.2, 0.25) is 0 Å². The second-order valence-corrected chi connectivity index (χ2v) is 27.5. The lowest BCUT2D eigenvalue weighted by molar-refractivity contribution is -0.123. The molecule has 42 heteroatoms. The van der Waals surface area contributed by atoms with Gasteiger partial charge in [-0.3, -0.25) is 42.7 Å². The predicted octanol–water partition coefficient (Wildman–Crippen LogP) is 2.27. The van der Waals surface area contributed by atoms with Gasteiger partial charge in [-0.15, -0.1) is 5.10 Å². The number of nitrogens with two attached hydrogens (primary N) is 1. The van der Waals surface area contributed by atoms with E-state index in [9.17, 15) is 83.9 Å². The van der Waals surface area contributed by atoms with Crippen LogP contribution in [0.25, 0.3) is 33.4 Å². The Morgan fingerprint density at radius 3 is 2.19 bits per heavy atom. The molecule has 37 nitrogen and oxygen atoms in total. The van der Waals surface area contributed by atoms with Gasteiger partial charge in [0.2, 0.25) is 0 Å². The molecule has 1 aliphatic carbocycles. The van der Waals surface area contributed by atoms with E-state index in [4.69, 9.17) is 39.7 Å². The average Bonchev–Trinajstić information content (AvgIpc) is 1.27. The zero-order valence-corrected chi connectivity index (χ0v) is 52.2. The molecule has 502 valence electrons. The van der Waals surface area contributed by atoms with Gasteiger partial charge in [-0.05, 0) is 91.4 Å². The molecule has 3 aromatic carbocycles. The van der Waals surface area contributed by atoms with Crippen LogP contribution in [0.15, 0.2) is 104 Å². The number of nitrogens with zero attached hydrogens (tertiary/aromatic N) is 5. The van der Waals surface area contributed by atoms with Crippen molar-refractivity contribution in [1.82, 2.24) is 35.2 Å². The summed E-state index contributed by atoms with van der Waals surface area (Å²) in [7, 11) is -27.5. The van der Waals surface area contributed by atoms with Gasteiger partial charge >= 0.3 is 35.1 Å². The number of carbonyl (C=O) groups excluding carboxylic acids is 2. The van der Waals surface area contributed by atoms with Gasteiger partial charge < -0.3 is 65.2 Å². The number of unbranched alkanes of at least 4 members (excludes halogenated alkanes) is 3. The summed E-state index contributed by atoms with van der Waals surface area (Å²) >= 11 is 0. The van der Waals surface area contributed by atoms with Gasteiger partial charge in [0.25, 0.3) is 32.1 Å². The molecule has 4 heterocycles. The highest BCUT2D eigenvalue weighted by molar-refractivity contribution is 7.86. The Morgan fingerprint density at radius 1 is 0.796 bits per heavy atom. The first-order chi connectivity index (χ1) is 43.7. The van der Waals surface area contributed by atoms with Crippen molar-refractivity contribution in [2.75, 3.05) is 44.1 Å². The van der Waals surface area contributed by atoms with E-state index in [2.05, 4.69) is 44.6 Å². The minimum absolute atomic E-state index is 0.0454. The van der Waals surface area contributed by atoms with Crippen LogP contribution in [0.1, 0.15) is 70.3 Å². The van der Waals surface area contributed by atoms with Crippen molar-refractivity contribution >= 4 is 84.0 Å². The summed E-state index contributed by atoms with van der Waals surface area (Å²) in [6.45, 7) is -0.165. The van der Waals surface area contributed by atoms with Crippen LogP contribution in [0.3, 0.4) is 0 Å². The first-order valence-electron chi connectivity index (χ1n) is 27.3. The van der Waals surface area contributed by atoms with E-state index in [-0.39, 0.29) is 65.7 Å². The highest BCUT2D eigenvalue weighted by Gasteiger charge is 2.47. The Bertz CT molecular complexity index is 4420. The van der Waals surface area contributed by atoms with Crippen molar-refractivity contribution in [3.63, 3.8) is 0 Å². The zero-order valence-electron chi connectivity index (χ0n) is 47.9. The molecule has 1 fully saturated rings. The Labute approximate surface area is 524 Å². The van der Waals surface area contributed by atoms with Gasteiger partial charge in [0, 0.05) is 60.5 Å². The topological polar surface area (TPSA) is 573 Å². The SMILES string of the molecule is N=c1ccc2c(-c3ccc(C(=O)NCCCCCCn4cc(CCNC(=O)COc5ccc(CCCONc6ccn([C@@H]7O[C@H](COP(=O)(O)OP(=O)(O)OP(=O)(O)O)[C@@H](O)[C@H]7O)c(=O)n6)cc5)nn4)cc3C(=O)O)c3ccc(N)c(S(=O)(=O)O)c3oc-2c1S(=O)(=O)O.